The predicted octanol–water partition coefficient (Wildman–Crippen LogP) is 1.72. The zero-order chi connectivity index (χ0) is 8.85. The average molecular weight is 201 g/mol. The van der Waals surface area contributed by atoms with Gasteiger partial charge in [0, 0.05) is 6.61 Å². The summed E-state index contributed by atoms with van der Waals surface area (Å²) in [6, 6.07) is 0. The Hall–Kier alpha value is 0.01000. The largest absolute Gasteiger partial charge is 0.434 e. The minimum absolute atomic E-state index is 0.476. The second-order valence-electron chi connectivity index (χ2n) is 1.76. The van der Waals surface area contributed by atoms with Crippen LogP contribution in [0.4, 0.5) is 0 Å². The van der Waals surface area contributed by atoms with Gasteiger partial charge < -0.3 is 9.47 Å². The molecule has 0 aliphatic heterocycles. The van der Waals surface area contributed by atoms with Crippen molar-refractivity contribution in [3.05, 3.63) is 0 Å². The van der Waals surface area contributed by atoms with Crippen LogP contribution in [0, 0.1) is 0 Å². The van der Waals surface area contributed by atoms with Crippen LogP contribution in [0.2, 0.25) is 0 Å². The molecule has 0 aromatic heterocycles. The Morgan fingerprint density at radius 1 is 1.55 bits per heavy atom. The molecule has 0 bridgehead atoms. The first-order valence-corrected chi connectivity index (χ1v) is 4.05. The highest BCUT2D eigenvalue weighted by Crippen LogP contribution is 2.06. The van der Waals surface area contributed by atoms with Gasteiger partial charge in [-0.15, -0.1) is 0 Å². The van der Waals surface area contributed by atoms with E-state index in [1.54, 1.807) is 13.8 Å². The molecule has 66 valence electrons. The quantitative estimate of drug-likeness (QED) is 0.394. The fourth-order valence-corrected chi connectivity index (χ4v) is 0.587. The number of esters is 1. The van der Waals surface area contributed by atoms with E-state index < -0.39 is 17.1 Å². The lowest BCUT2D eigenvalue weighted by Crippen LogP contribution is -2.21. The number of rotatable bonds is 4. The van der Waals surface area contributed by atoms with Gasteiger partial charge in [-0.2, -0.15) is 0 Å². The molecular weight excluding hydrogens is 191 g/mol. The molecule has 0 saturated carbocycles. The number of hydrogen-bond donors (Lipinski definition) is 0. The van der Waals surface area contributed by atoms with Crippen LogP contribution in [0.25, 0.3) is 0 Å². The topological polar surface area (TPSA) is 35.5 Å². The molecule has 0 aliphatic rings. The standard InChI is InChI=1S/C6H10Cl2O3/c1-3-10-4(2)11-6(9)5(7)8/h4-5H,3H2,1-2H3. The van der Waals surface area contributed by atoms with E-state index in [2.05, 4.69) is 4.74 Å². The summed E-state index contributed by atoms with van der Waals surface area (Å²) in [4.78, 5) is 9.52. The molecule has 0 spiro atoms. The summed E-state index contributed by atoms with van der Waals surface area (Å²) in [7, 11) is 0. The van der Waals surface area contributed by atoms with Gasteiger partial charge in [-0.1, -0.05) is 23.2 Å². The van der Waals surface area contributed by atoms with Gasteiger partial charge in [0.05, 0.1) is 0 Å². The van der Waals surface area contributed by atoms with Crippen molar-refractivity contribution in [2.45, 2.75) is 25.0 Å². The van der Waals surface area contributed by atoms with E-state index in [1.807, 2.05) is 0 Å². The van der Waals surface area contributed by atoms with Crippen molar-refractivity contribution in [1.29, 1.82) is 0 Å². The summed E-state index contributed by atoms with van der Waals surface area (Å²) >= 11 is 10.4. The van der Waals surface area contributed by atoms with Gasteiger partial charge in [0.15, 0.2) is 6.29 Å². The maximum atomic E-state index is 10.7. The third kappa shape index (κ3) is 5.30. The zero-order valence-corrected chi connectivity index (χ0v) is 7.85. The van der Waals surface area contributed by atoms with Gasteiger partial charge in [-0.3, -0.25) is 0 Å². The maximum Gasteiger partial charge on any atom is 0.341 e. The van der Waals surface area contributed by atoms with Crippen LogP contribution < -0.4 is 0 Å². The Morgan fingerprint density at radius 3 is 2.45 bits per heavy atom. The lowest BCUT2D eigenvalue weighted by molar-refractivity contribution is -0.171. The van der Waals surface area contributed by atoms with Gasteiger partial charge in [0.25, 0.3) is 0 Å². The van der Waals surface area contributed by atoms with E-state index in [9.17, 15) is 4.79 Å². The molecule has 0 radical (unpaired) electrons. The Balaban J connectivity index is 3.57. The first kappa shape index (κ1) is 11.0. The van der Waals surface area contributed by atoms with Crippen LogP contribution in [0.1, 0.15) is 13.8 Å². The summed E-state index contributed by atoms with van der Waals surface area (Å²) in [5.74, 6) is -0.686. The molecule has 1 unspecified atom stereocenters. The molecule has 0 rings (SSSR count). The van der Waals surface area contributed by atoms with Crippen molar-refractivity contribution < 1.29 is 14.3 Å². The van der Waals surface area contributed by atoms with Crippen LogP contribution in [-0.4, -0.2) is 23.7 Å². The number of ether oxygens (including phenoxy) is 2. The van der Waals surface area contributed by atoms with Gasteiger partial charge in [0.1, 0.15) is 0 Å². The highest BCUT2D eigenvalue weighted by Gasteiger charge is 2.15. The minimum atomic E-state index is -1.14. The van der Waals surface area contributed by atoms with Crippen LogP contribution in [0.15, 0.2) is 0 Å². The minimum Gasteiger partial charge on any atom is -0.434 e. The van der Waals surface area contributed by atoms with Crippen molar-refractivity contribution in [3.8, 4) is 0 Å². The number of carbonyl (C=O) groups excluding carboxylic acids is 1. The monoisotopic (exact) mass is 200 g/mol. The van der Waals surface area contributed by atoms with Crippen molar-refractivity contribution >= 4 is 29.2 Å². The number of halogens is 2. The highest BCUT2D eigenvalue weighted by molar-refractivity contribution is 6.52. The Morgan fingerprint density at radius 2 is 2.09 bits per heavy atom. The van der Waals surface area contributed by atoms with Crippen molar-refractivity contribution in [1.82, 2.24) is 0 Å². The normalized spacial score (nSPS) is 13.2. The first-order chi connectivity index (χ1) is 5.07. The van der Waals surface area contributed by atoms with Gasteiger partial charge >= 0.3 is 5.97 Å². The molecule has 11 heavy (non-hydrogen) atoms. The second-order valence-corrected chi connectivity index (χ2v) is 2.86. The fraction of sp³-hybridized carbons (Fsp3) is 0.833. The molecular formula is C6H10Cl2O3. The molecule has 0 amide bonds. The molecule has 0 saturated heterocycles. The van der Waals surface area contributed by atoms with Crippen molar-refractivity contribution in [2.75, 3.05) is 6.61 Å². The van der Waals surface area contributed by atoms with Crippen LogP contribution in [0.5, 0.6) is 0 Å². The van der Waals surface area contributed by atoms with E-state index in [0.717, 1.165) is 0 Å². The van der Waals surface area contributed by atoms with Crippen LogP contribution in [0.3, 0.4) is 0 Å². The number of carbonyl (C=O) groups is 1. The number of hydrogen-bond acceptors (Lipinski definition) is 3. The van der Waals surface area contributed by atoms with Crippen molar-refractivity contribution in [3.63, 3.8) is 0 Å². The zero-order valence-electron chi connectivity index (χ0n) is 6.34. The van der Waals surface area contributed by atoms with E-state index in [4.69, 9.17) is 27.9 Å². The lowest BCUT2D eigenvalue weighted by Gasteiger charge is -2.12. The average Bonchev–Trinajstić information content (AvgIpc) is 1.87. The number of alkyl halides is 2. The molecule has 5 heteroatoms. The van der Waals surface area contributed by atoms with Crippen LogP contribution >= 0.6 is 23.2 Å². The Labute approximate surface area is 75.6 Å². The summed E-state index contributed by atoms with van der Waals surface area (Å²) in [6.07, 6.45) is -0.590. The molecule has 0 fully saturated rings. The second kappa shape index (κ2) is 5.63. The Bertz CT molecular complexity index is 127. The molecule has 3 nitrogen and oxygen atoms in total. The third-order valence-corrected chi connectivity index (χ3v) is 1.22. The maximum absolute atomic E-state index is 10.7. The Kier molecular flexibility index (Phi) is 5.64. The van der Waals surface area contributed by atoms with Gasteiger partial charge in [0.2, 0.25) is 4.84 Å². The summed E-state index contributed by atoms with van der Waals surface area (Å²) in [6.45, 7) is 3.87. The lowest BCUT2D eigenvalue weighted by atomic mass is 10.7. The molecule has 0 heterocycles. The van der Waals surface area contributed by atoms with E-state index in [0.29, 0.717) is 6.61 Å². The SMILES string of the molecule is CCOC(C)OC(=O)C(Cl)Cl. The predicted molar refractivity (Wildman–Crippen MR) is 42.7 cm³/mol. The summed E-state index contributed by atoms with van der Waals surface area (Å²) in [5.41, 5.74) is 0. The van der Waals surface area contributed by atoms with Gasteiger partial charge in [-0.05, 0) is 13.8 Å². The first-order valence-electron chi connectivity index (χ1n) is 3.18. The van der Waals surface area contributed by atoms with Crippen LogP contribution in [-0.2, 0) is 14.3 Å². The molecule has 0 aromatic carbocycles. The van der Waals surface area contributed by atoms with E-state index >= 15 is 0 Å². The fourth-order valence-electron chi connectivity index (χ4n) is 0.484. The highest BCUT2D eigenvalue weighted by atomic mass is 35.5. The smallest absolute Gasteiger partial charge is 0.341 e. The molecule has 0 aliphatic carbocycles. The third-order valence-electron chi connectivity index (χ3n) is 0.862. The van der Waals surface area contributed by atoms with Gasteiger partial charge in [-0.25, -0.2) is 4.79 Å². The molecule has 0 aromatic rings. The summed E-state index contributed by atoms with van der Waals surface area (Å²) in [5, 5.41) is 0. The molecule has 0 N–H and O–H groups in total. The molecule has 1 atom stereocenters. The van der Waals surface area contributed by atoms with E-state index in [1.165, 1.54) is 0 Å². The summed E-state index contributed by atoms with van der Waals surface area (Å²) < 4.78 is 9.53. The van der Waals surface area contributed by atoms with Crippen molar-refractivity contribution in [2.24, 2.45) is 0 Å². The van der Waals surface area contributed by atoms with E-state index in [-0.39, 0.29) is 0 Å².